The monoisotopic (exact) mass is 579 g/mol. The van der Waals surface area contributed by atoms with Crippen LogP contribution in [0.3, 0.4) is 0 Å². The Bertz CT molecular complexity index is 1390. The van der Waals surface area contributed by atoms with Crippen LogP contribution >= 0.6 is 0 Å². The standard InChI is InChI=1S/C31H39F2N7O2/c1-21-19-37(2)14-15-39(21)22-9-12-38(13-10-22)23-7-8-26(28(17-23)41-3)36-29-18-30(35-20-34-29)40-27(11-16-42-40)24-5-4-6-25(32)31(24)33/h4-8,17-18,20-22,27H,9-16,19H2,1-3H3,(H,34,35,36)/t21-,27-/m1/s1. The van der Waals surface area contributed by atoms with Gasteiger partial charge in [0, 0.05) is 74.6 Å². The molecule has 1 N–H and O–H groups in total. The first-order chi connectivity index (χ1) is 20.4. The summed E-state index contributed by atoms with van der Waals surface area (Å²) in [6.07, 6.45) is 4.23. The van der Waals surface area contributed by atoms with Gasteiger partial charge in [0.25, 0.3) is 0 Å². The van der Waals surface area contributed by atoms with Crippen LogP contribution in [0.4, 0.5) is 31.8 Å². The maximum absolute atomic E-state index is 14.6. The van der Waals surface area contributed by atoms with E-state index in [1.807, 2.05) is 6.07 Å². The lowest BCUT2D eigenvalue weighted by Gasteiger charge is -2.46. The number of ether oxygens (including phenoxy) is 1. The molecule has 4 heterocycles. The third-order valence-corrected chi connectivity index (χ3v) is 8.75. The molecule has 224 valence electrons. The molecule has 11 heteroatoms. The summed E-state index contributed by atoms with van der Waals surface area (Å²) >= 11 is 0. The van der Waals surface area contributed by atoms with Crippen molar-refractivity contribution in [1.82, 2.24) is 19.8 Å². The molecular weight excluding hydrogens is 540 g/mol. The first kappa shape index (κ1) is 28.6. The molecule has 6 rings (SSSR count). The molecule has 3 aliphatic heterocycles. The molecule has 2 aromatic carbocycles. The Kier molecular flexibility index (Phi) is 8.41. The van der Waals surface area contributed by atoms with Gasteiger partial charge in [-0.1, -0.05) is 12.1 Å². The average molecular weight is 580 g/mol. The van der Waals surface area contributed by atoms with Crippen LogP contribution in [-0.2, 0) is 4.84 Å². The topological polar surface area (TPSA) is 69.2 Å². The van der Waals surface area contributed by atoms with Crippen molar-refractivity contribution in [3.8, 4) is 5.75 Å². The van der Waals surface area contributed by atoms with Crippen molar-refractivity contribution in [2.75, 3.05) is 68.8 Å². The van der Waals surface area contributed by atoms with Crippen molar-refractivity contribution in [2.24, 2.45) is 0 Å². The highest BCUT2D eigenvalue weighted by Crippen LogP contribution is 2.37. The summed E-state index contributed by atoms with van der Waals surface area (Å²) in [5.74, 6) is -0.0594. The minimum atomic E-state index is -0.881. The molecule has 3 aromatic rings. The van der Waals surface area contributed by atoms with Gasteiger partial charge in [-0.2, -0.15) is 0 Å². The van der Waals surface area contributed by atoms with E-state index in [9.17, 15) is 8.78 Å². The summed E-state index contributed by atoms with van der Waals surface area (Å²) in [4.78, 5) is 22.1. The normalized spacial score (nSPS) is 22.5. The lowest BCUT2D eigenvalue weighted by atomic mass is 9.99. The van der Waals surface area contributed by atoms with Gasteiger partial charge in [0.1, 0.15) is 17.9 Å². The quantitative estimate of drug-likeness (QED) is 0.417. The van der Waals surface area contributed by atoms with Crippen molar-refractivity contribution in [3.05, 3.63) is 66.0 Å². The Morgan fingerprint density at radius 2 is 1.83 bits per heavy atom. The highest BCUT2D eigenvalue weighted by Gasteiger charge is 2.33. The molecule has 0 amide bonds. The summed E-state index contributed by atoms with van der Waals surface area (Å²) in [5, 5.41) is 4.85. The number of hydrogen-bond acceptors (Lipinski definition) is 9. The second-order valence-corrected chi connectivity index (χ2v) is 11.4. The molecule has 0 spiro atoms. The first-order valence-corrected chi connectivity index (χ1v) is 14.7. The van der Waals surface area contributed by atoms with Gasteiger partial charge in [0.05, 0.1) is 25.4 Å². The summed E-state index contributed by atoms with van der Waals surface area (Å²) < 4.78 is 34.2. The smallest absolute Gasteiger partial charge is 0.164 e. The van der Waals surface area contributed by atoms with Crippen LogP contribution in [0, 0.1) is 11.6 Å². The van der Waals surface area contributed by atoms with Crippen LogP contribution in [0.5, 0.6) is 5.75 Å². The zero-order valence-corrected chi connectivity index (χ0v) is 24.5. The molecule has 9 nitrogen and oxygen atoms in total. The van der Waals surface area contributed by atoms with Crippen LogP contribution < -0.4 is 20.0 Å². The van der Waals surface area contributed by atoms with E-state index in [0.717, 1.165) is 63.0 Å². The van der Waals surface area contributed by atoms with Crippen molar-refractivity contribution < 1.29 is 18.4 Å². The lowest BCUT2D eigenvalue weighted by Crippen LogP contribution is -2.56. The third kappa shape index (κ3) is 5.86. The molecule has 0 bridgehead atoms. The van der Waals surface area contributed by atoms with E-state index in [0.29, 0.717) is 42.5 Å². The number of aromatic nitrogens is 2. The number of methoxy groups -OCH3 is 1. The zero-order valence-electron chi connectivity index (χ0n) is 24.5. The molecule has 0 saturated carbocycles. The Morgan fingerprint density at radius 1 is 1.00 bits per heavy atom. The molecule has 0 radical (unpaired) electrons. The van der Waals surface area contributed by atoms with Crippen LogP contribution in [0.15, 0.2) is 48.8 Å². The van der Waals surface area contributed by atoms with Gasteiger partial charge in [-0.05, 0) is 45.0 Å². The highest BCUT2D eigenvalue weighted by atomic mass is 19.2. The molecule has 3 fully saturated rings. The molecule has 3 saturated heterocycles. The molecule has 1 aromatic heterocycles. The molecule has 2 atom stereocenters. The van der Waals surface area contributed by atoms with Gasteiger partial charge in [-0.25, -0.2) is 23.8 Å². The van der Waals surface area contributed by atoms with Crippen molar-refractivity contribution in [2.45, 2.75) is 44.3 Å². The zero-order chi connectivity index (χ0) is 29.2. The number of nitrogens with zero attached hydrogens (tertiary/aromatic N) is 6. The summed E-state index contributed by atoms with van der Waals surface area (Å²) in [7, 11) is 3.87. The fourth-order valence-corrected chi connectivity index (χ4v) is 6.56. The highest BCUT2D eigenvalue weighted by molar-refractivity contribution is 5.70. The predicted octanol–water partition coefficient (Wildman–Crippen LogP) is 4.99. The van der Waals surface area contributed by atoms with E-state index in [2.05, 4.69) is 56.1 Å². The molecule has 42 heavy (non-hydrogen) atoms. The molecule has 0 aliphatic carbocycles. The van der Waals surface area contributed by atoms with E-state index >= 15 is 0 Å². The summed E-state index contributed by atoms with van der Waals surface area (Å²) in [5.41, 5.74) is 2.14. The number of rotatable bonds is 7. The van der Waals surface area contributed by atoms with Crippen molar-refractivity contribution in [3.63, 3.8) is 0 Å². The second kappa shape index (κ2) is 12.4. The van der Waals surface area contributed by atoms with Crippen LogP contribution in [0.1, 0.15) is 37.8 Å². The summed E-state index contributed by atoms with van der Waals surface area (Å²) in [6, 6.07) is 12.8. The van der Waals surface area contributed by atoms with Crippen LogP contribution in [-0.4, -0.2) is 85.3 Å². The minimum absolute atomic E-state index is 0.236. The van der Waals surface area contributed by atoms with E-state index < -0.39 is 17.7 Å². The second-order valence-electron chi connectivity index (χ2n) is 11.4. The van der Waals surface area contributed by atoms with Crippen molar-refractivity contribution >= 4 is 23.0 Å². The number of anilines is 4. The van der Waals surface area contributed by atoms with Gasteiger partial charge in [-0.15, -0.1) is 0 Å². The van der Waals surface area contributed by atoms with E-state index in [-0.39, 0.29) is 5.56 Å². The van der Waals surface area contributed by atoms with Gasteiger partial charge in [0.2, 0.25) is 0 Å². The van der Waals surface area contributed by atoms with Gasteiger partial charge in [-0.3, -0.25) is 9.74 Å². The Balaban J connectivity index is 1.13. The number of likely N-dealkylation sites (N-methyl/N-ethyl adjacent to an activating group) is 1. The lowest BCUT2D eigenvalue weighted by molar-refractivity contribution is 0.0511. The van der Waals surface area contributed by atoms with Crippen LogP contribution in [0.25, 0.3) is 0 Å². The SMILES string of the molecule is COc1cc(N2CCC(N3CCN(C)C[C@H]3C)CC2)ccc1Nc1cc(N2OCC[C@@H]2c2cccc(F)c2F)ncn1. The Labute approximate surface area is 246 Å². The first-order valence-electron chi connectivity index (χ1n) is 14.7. The number of halogens is 2. The molecule has 0 unspecified atom stereocenters. The molecule has 3 aliphatic rings. The number of piperazine rings is 1. The Morgan fingerprint density at radius 3 is 2.62 bits per heavy atom. The maximum Gasteiger partial charge on any atom is 0.164 e. The third-order valence-electron chi connectivity index (χ3n) is 8.75. The van der Waals surface area contributed by atoms with E-state index in [1.165, 1.54) is 17.5 Å². The van der Waals surface area contributed by atoms with Gasteiger partial charge in [0.15, 0.2) is 17.5 Å². The van der Waals surface area contributed by atoms with Gasteiger partial charge >= 0.3 is 0 Å². The summed E-state index contributed by atoms with van der Waals surface area (Å²) in [6.45, 7) is 8.16. The average Bonchev–Trinajstić information content (AvgIpc) is 3.49. The number of hydrogen-bond donors (Lipinski definition) is 1. The molecular formula is C31H39F2N7O2. The fraction of sp³-hybridized carbons (Fsp3) is 0.484. The minimum Gasteiger partial charge on any atom is -0.494 e. The predicted molar refractivity (Wildman–Crippen MR) is 159 cm³/mol. The number of hydroxylamine groups is 1. The van der Waals surface area contributed by atoms with Crippen molar-refractivity contribution in [1.29, 1.82) is 0 Å². The number of nitrogens with one attached hydrogen (secondary N) is 1. The van der Waals surface area contributed by atoms with Crippen LogP contribution in [0.2, 0.25) is 0 Å². The largest absolute Gasteiger partial charge is 0.494 e. The van der Waals surface area contributed by atoms with E-state index in [4.69, 9.17) is 9.57 Å². The van der Waals surface area contributed by atoms with Gasteiger partial charge < -0.3 is 19.9 Å². The number of benzene rings is 2. The van der Waals surface area contributed by atoms with E-state index in [1.54, 1.807) is 19.2 Å². The fourth-order valence-electron chi connectivity index (χ4n) is 6.56. The number of piperidine rings is 1. The maximum atomic E-state index is 14.6. The Hall–Kier alpha value is -3.54.